The number of nitrogens with one attached hydrogen (secondary N) is 1. The fourth-order valence-electron chi connectivity index (χ4n) is 1.17. The molecule has 0 fully saturated rings. The van der Waals surface area contributed by atoms with Crippen molar-refractivity contribution in [1.29, 1.82) is 5.26 Å². The van der Waals surface area contributed by atoms with Crippen LogP contribution in [0.25, 0.3) is 0 Å². The Balaban J connectivity index is 2.51. The maximum Gasteiger partial charge on any atom is 0.209 e. The SMILES string of the molecule is N#Cc1cnc(NCCCS(N)(=O)=O)c(N)c1. The molecule has 0 bridgehead atoms. The predicted octanol–water partition coefficient (Wildman–Crippen LogP) is -0.374. The first-order valence-electron chi connectivity index (χ1n) is 4.82. The molecule has 0 saturated heterocycles. The third-order valence-electron chi connectivity index (χ3n) is 1.94. The fourth-order valence-corrected chi connectivity index (χ4v) is 1.72. The predicted molar refractivity (Wildman–Crippen MR) is 64.4 cm³/mol. The molecule has 7 nitrogen and oxygen atoms in total. The highest BCUT2D eigenvalue weighted by Gasteiger charge is 2.04. The summed E-state index contributed by atoms with van der Waals surface area (Å²) in [6.45, 7) is 0.388. The molecule has 1 heterocycles. The number of anilines is 2. The minimum Gasteiger partial charge on any atom is -0.396 e. The number of aromatic nitrogens is 1. The van der Waals surface area contributed by atoms with Crippen LogP contribution in [0.3, 0.4) is 0 Å². The standard InChI is InChI=1S/C9H13N5O2S/c10-5-7-4-8(11)9(14-6-7)13-2-1-3-17(12,15)16/h4,6H,1-3,11H2,(H,13,14)(H2,12,15,16). The number of primary sulfonamides is 1. The van der Waals surface area contributed by atoms with E-state index in [9.17, 15) is 8.42 Å². The lowest BCUT2D eigenvalue weighted by atomic mass is 10.3. The summed E-state index contributed by atoms with van der Waals surface area (Å²) in [6, 6.07) is 3.41. The highest BCUT2D eigenvalue weighted by molar-refractivity contribution is 7.89. The van der Waals surface area contributed by atoms with Crippen LogP contribution in [0.1, 0.15) is 12.0 Å². The fraction of sp³-hybridized carbons (Fsp3) is 0.333. The Morgan fingerprint density at radius 2 is 2.24 bits per heavy atom. The molecule has 5 N–H and O–H groups in total. The summed E-state index contributed by atoms with van der Waals surface area (Å²) in [5.74, 6) is 0.328. The first-order chi connectivity index (χ1) is 7.92. The number of rotatable bonds is 5. The second kappa shape index (κ2) is 5.47. The lowest BCUT2D eigenvalue weighted by molar-refractivity contribution is 0.596. The van der Waals surface area contributed by atoms with Gasteiger partial charge >= 0.3 is 0 Å². The molecule has 8 heteroatoms. The van der Waals surface area contributed by atoms with E-state index >= 15 is 0 Å². The number of sulfonamides is 1. The van der Waals surface area contributed by atoms with Gasteiger partial charge in [0.15, 0.2) is 0 Å². The Kier molecular flexibility index (Phi) is 4.25. The van der Waals surface area contributed by atoms with Gasteiger partial charge in [-0.1, -0.05) is 0 Å². The monoisotopic (exact) mass is 255 g/mol. The Labute approximate surface area is 99.5 Å². The van der Waals surface area contributed by atoms with E-state index in [4.69, 9.17) is 16.1 Å². The molecule has 0 saturated carbocycles. The van der Waals surface area contributed by atoms with E-state index in [2.05, 4.69) is 10.3 Å². The van der Waals surface area contributed by atoms with Crippen molar-refractivity contribution in [2.75, 3.05) is 23.3 Å². The molecule has 0 aromatic carbocycles. The Morgan fingerprint density at radius 1 is 1.53 bits per heavy atom. The van der Waals surface area contributed by atoms with Crippen molar-refractivity contribution in [2.45, 2.75) is 6.42 Å². The van der Waals surface area contributed by atoms with Gasteiger partial charge in [0, 0.05) is 12.7 Å². The summed E-state index contributed by atoms with van der Waals surface area (Å²) in [4.78, 5) is 3.94. The van der Waals surface area contributed by atoms with Crippen molar-refractivity contribution in [3.05, 3.63) is 17.8 Å². The molecule has 1 aromatic heterocycles. The maximum absolute atomic E-state index is 10.7. The summed E-state index contributed by atoms with van der Waals surface area (Å²) >= 11 is 0. The summed E-state index contributed by atoms with van der Waals surface area (Å²) in [5, 5.41) is 16.3. The molecule has 0 spiro atoms. The lowest BCUT2D eigenvalue weighted by Crippen LogP contribution is -2.19. The molecule has 0 unspecified atom stereocenters. The maximum atomic E-state index is 10.7. The molecule has 0 aliphatic heterocycles. The van der Waals surface area contributed by atoms with Crippen LogP contribution in [0.2, 0.25) is 0 Å². The van der Waals surface area contributed by atoms with Crippen molar-refractivity contribution in [3.63, 3.8) is 0 Å². The van der Waals surface area contributed by atoms with Crippen LogP contribution in [-0.2, 0) is 10.0 Å². The Bertz CT molecular complexity index is 535. The molecule has 0 amide bonds. The third kappa shape index (κ3) is 4.67. The van der Waals surface area contributed by atoms with Gasteiger partial charge in [-0.25, -0.2) is 18.5 Å². The average molecular weight is 255 g/mol. The van der Waals surface area contributed by atoms with E-state index < -0.39 is 10.0 Å². The molecule has 0 aliphatic rings. The first-order valence-corrected chi connectivity index (χ1v) is 6.54. The van der Waals surface area contributed by atoms with E-state index in [1.54, 1.807) is 0 Å². The second-order valence-electron chi connectivity index (χ2n) is 3.42. The summed E-state index contributed by atoms with van der Waals surface area (Å²) in [6.07, 6.45) is 1.75. The van der Waals surface area contributed by atoms with E-state index in [0.717, 1.165) is 0 Å². The van der Waals surface area contributed by atoms with Crippen LogP contribution in [0.5, 0.6) is 0 Å². The topological polar surface area (TPSA) is 135 Å². The van der Waals surface area contributed by atoms with Gasteiger partial charge < -0.3 is 11.1 Å². The van der Waals surface area contributed by atoms with Crippen LogP contribution in [0.4, 0.5) is 11.5 Å². The van der Waals surface area contributed by atoms with Gasteiger partial charge in [0.25, 0.3) is 0 Å². The van der Waals surface area contributed by atoms with Crippen molar-refractivity contribution in [3.8, 4) is 6.07 Å². The zero-order valence-electron chi connectivity index (χ0n) is 9.05. The summed E-state index contributed by atoms with van der Waals surface area (Å²) < 4.78 is 21.3. The van der Waals surface area contributed by atoms with Gasteiger partial charge in [-0.3, -0.25) is 0 Å². The van der Waals surface area contributed by atoms with Crippen molar-refractivity contribution >= 4 is 21.5 Å². The van der Waals surface area contributed by atoms with E-state index in [1.807, 2.05) is 6.07 Å². The minimum absolute atomic E-state index is 0.101. The number of pyridine rings is 1. The highest BCUT2D eigenvalue weighted by Crippen LogP contribution is 2.15. The molecular weight excluding hydrogens is 242 g/mol. The molecular formula is C9H13N5O2S. The van der Waals surface area contributed by atoms with Crippen molar-refractivity contribution in [1.82, 2.24) is 4.98 Å². The first kappa shape index (κ1) is 13.2. The van der Waals surface area contributed by atoms with Crippen LogP contribution >= 0.6 is 0 Å². The number of hydrogen-bond acceptors (Lipinski definition) is 6. The van der Waals surface area contributed by atoms with Crippen molar-refractivity contribution in [2.24, 2.45) is 5.14 Å². The van der Waals surface area contributed by atoms with Gasteiger partial charge in [-0.05, 0) is 12.5 Å². The number of nitrogen functional groups attached to an aromatic ring is 1. The number of nitrogens with zero attached hydrogens (tertiary/aromatic N) is 2. The van der Waals surface area contributed by atoms with Gasteiger partial charge in [0.1, 0.15) is 11.9 Å². The third-order valence-corrected chi connectivity index (χ3v) is 2.80. The average Bonchev–Trinajstić information content (AvgIpc) is 2.24. The highest BCUT2D eigenvalue weighted by atomic mass is 32.2. The smallest absolute Gasteiger partial charge is 0.209 e. The summed E-state index contributed by atoms with van der Waals surface area (Å²) in [5.41, 5.74) is 6.37. The molecule has 1 rings (SSSR count). The lowest BCUT2D eigenvalue weighted by Gasteiger charge is -2.07. The van der Waals surface area contributed by atoms with E-state index in [1.165, 1.54) is 12.3 Å². The van der Waals surface area contributed by atoms with E-state index in [-0.39, 0.29) is 5.75 Å². The van der Waals surface area contributed by atoms with Crippen molar-refractivity contribution < 1.29 is 8.42 Å². The minimum atomic E-state index is -3.43. The normalized spacial score (nSPS) is 10.8. The van der Waals surface area contributed by atoms with Gasteiger partial charge in [-0.2, -0.15) is 5.26 Å². The molecule has 1 aromatic rings. The number of nitriles is 1. The molecule has 0 aliphatic carbocycles. The molecule has 17 heavy (non-hydrogen) atoms. The van der Waals surface area contributed by atoms with Gasteiger partial charge in [0.05, 0.1) is 17.0 Å². The van der Waals surface area contributed by atoms with Gasteiger partial charge in [0.2, 0.25) is 10.0 Å². The number of hydrogen-bond donors (Lipinski definition) is 3. The Morgan fingerprint density at radius 3 is 2.76 bits per heavy atom. The zero-order chi connectivity index (χ0) is 12.9. The van der Waals surface area contributed by atoms with Crippen LogP contribution in [0.15, 0.2) is 12.3 Å². The quantitative estimate of drug-likeness (QED) is 0.614. The molecule has 0 radical (unpaired) electrons. The molecule has 92 valence electrons. The van der Waals surface area contributed by atoms with Crippen LogP contribution < -0.4 is 16.2 Å². The Hall–Kier alpha value is -1.85. The largest absolute Gasteiger partial charge is 0.396 e. The molecule has 0 atom stereocenters. The van der Waals surface area contributed by atoms with Gasteiger partial charge in [-0.15, -0.1) is 0 Å². The second-order valence-corrected chi connectivity index (χ2v) is 5.15. The van der Waals surface area contributed by atoms with Crippen LogP contribution in [0, 0.1) is 11.3 Å². The zero-order valence-corrected chi connectivity index (χ0v) is 9.87. The van der Waals surface area contributed by atoms with E-state index in [0.29, 0.717) is 30.0 Å². The summed E-state index contributed by atoms with van der Waals surface area (Å²) in [7, 11) is -3.43. The van der Waals surface area contributed by atoms with Crippen LogP contribution in [-0.4, -0.2) is 25.7 Å². The number of nitrogens with two attached hydrogens (primary N) is 2.